The lowest BCUT2D eigenvalue weighted by Crippen LogP contribution is -2.06. The van der Waals surface area contributed by atoms with Crippen molar-refractivity contribution in [1.29, 1.82) is 0 Å². The fourth-order valence-corrected chi connectivity index (χ4v) is 2.70. The molecule has 3 nitrogen and oxygen atoms in total. The summed E-state index contributed by atoms with van der Waals surface area (Å²) in [5, 5.41) is 14.1. The maximum absolute atomic E-state index is 13.7. The summed E-state index contributed by atoms with van der Waals surface area (Å²) in [4.78, 5) is 0. The Morgan fingerprint density at radius 3 is 2.68 bits per heavy atom. The predicted octanol–water partition coefficient (Wildman–Crippen LogP) is 3.50. The van der Waals surface area contributed by atoms with E-state index in [4.69, 9.17) is 0 Å². The number of aliphatic hydroxyl groups excluding tert-OH is 1. The van der Waals surface area contributed by atoms with Crippen LogP contribution in [0.5, 0.6) is 0 Å². The van der Waals surface area contributed by atoms with Gasteiger partial charge in [-0.3, -0.25) is 4.68 Å². The molecule has 102 valence electrons. The Morgan fingerprint density at radius 2 is 2.11 bits per heavy atom. The minimum atomic E-state index is -0.568. The summed E-state index contributed by atoms with van der Waals surface area (Å²) in [5.41, 5.74) is 3.03. The van der Waals surface area contributed by atoms with E-state index >= 15 is 0 Å². The molecule has 0 saturated heterocycles. The maximum Gasteiger partial charge on any atom is 0.128 e. The Kier molecular flexibility index (Phi) is 4.06. The first-order valence-corrected chi connectivity index (χ1v) is 6.85. The fraction of sp³-hybridized carbons (Fsp3) is 0.357. The highest BCUT2D eigenvalue weighted by Crippen LogP contribution is 2.23. The lowest BCUT2D eigenvalue weighted by Gasteiger charge is -2.08. The molecule has 1 aromatic heterocycles. The van der Waals surface area contributed by atoms with E-state index < -0.39 is 6.10 Å². The van der Waals surface area contributed by atoms with Gasteiger partial charge in [0, 0.05) is 21.3 Å². The quantitative estimate of drug-likeness (QED) is 0.937. The number of benzene rings is 1. The summed E-state index contributed by atoms with van der Waals surface area (Å²) < 4.78 is 16.3. The molecular formula is C14H16BrFN2O. The molecule has 2 rings (SSSR count). The summed E-state index contributed by atoms with van der Waals surface area (Å²) in [6.07, 6.45) is -0.568. The zero-order valence-electron chi connectivity index (χ0n) is 11.1. The van der Waals surface area contributed by atoms with Crippen molar-refractivity contribution in [3.05, 3.63) is 51.0 Å². The van der Waals surface area contributed by atoms with E-state index in [1.807, 2.05) is 13.8 Å². The standard InChI is InChI=1S/C14H16BrFN2O/c1-8-14(10(3)19)9(2)18(17-8)7-11-6-12(15)4-5-13(11)16/h4-6,10,19H,7H2,1-3H3. The number of halogens is 2. The second-order valence-electron chi connectivity index (χ2n) is 4.65. The molecule has 0 aliphatic heterocycles. The zero-order chi connectivity index (χ0) is 14.2. The molecule has 0 radical (unpaired) electrons. The van der Waals surface area contributed by atoms with Crippen LogP contribution in [0.15, 0.2) is 22.7 Å². The second kappa shape index (κ2) is 5.43. The van der Waals surface area contributed by atoms with Crippen LogP contribution < -0.4 is 0 Å². The van der Waals surface area contributed by atoms with Gasteiger partial charge in [-0.1, -0.05) is 15.9 Å². The van der Waals surface area contributed by atoms with Crippen molar-refractivity contribution in [1.82, 2.24) is 9.78 Å². The zero-order valence-corrected chi connectivity index (χ0v) is 12.7. The first kappa shape index (κ1) is 14.2. The molecule has 0 aliphatic carbocycles. The summed E-state index contributed by atoms with van der Waals surface area (Å²) in [6, 6.07) is 4.84. The first-order chi connectivity index (χ1) is 8.90. The van der Waals surface area contributed by atoms with E-state index in [0.717, 1.165) is 21.4 Å². The molecule has 0 aliphatic rings. The smallest absolute Gasteiger partial charge is 0.128 e. The third-order valence-corrected chi connectivity index (χ3v) is 3.68. The van der Waals surface area contributed by atoms with Crippen molar-refractivity contribution in [2.24, 2.45) is 0 Å². The van der Waals surface area contributed by atoms with Crippen LogP contribution >= 0.6 is 15.9 Å². The van der Waals surface area contributed by atoms with Gasteiger partial charge >= 0.3 is 0 Å². The van der Waals surface area contributed by atoms with Crippen molar-refractivity contribution in [3.8, 4) is 0 Å². The molecule has 1 atom stereocenters. The van der Waals surface area contributed by atoms with Crippen LogP contribution in [0.2, 0.25) is 0 Å². The molecule has 19 heavy (non-hydrogen) atoms. The summed E-state index contributed by atoms with van der Waals surface area (Å²) >= 11 is 3.33. The molecular weight excluding hydrogens is 311 g/mol. The highest BCUT2D eigenvalue weighted by atomic mass is 79.9. The highest BCUT2D eigenvalue weighted by molar-refractivity contribution is 9.10. The first-order valence-electron chi connectivity index (χ1n) is 6.06. The molecule has 5 heteroatoms. The summed E-state index contributed by atoms with van der Waals surface area (Å²) in [5.74, 6) is -0.255. The molecule has 1 aromatic carbocycles. The van der Waals surface area contributed by atoms with Crippen LogP contribution in [0.4, 0.5) is 4.39 Å². The number of aryl methyl sites for hydroxylation is 1. The molecule has 0 spiro atoms. The van der Waals surface area contributed by atoms with E-state index in [9.17, 15) is 9.50 Å². The van der Waals surface area contributed by atoms with E-state index in [-0.39, 0.29) is 5.82 Å². The minimum Gasteiger partial charge on any atom is -0.389 e. The van der Waals surface area contributed by atoms with Crippen molar-refractivity contribution >= 4 is 15.9 Å². The van der Waals surface area contributed by atoms with Crippen LogP contribution in [0, 0.1) is 19.7 Å². The van der Waals surface area contributed by atoms with Gasteiger partial charge in [-0.05, 0) is 39.0 Å². The number of hydrogen-bond donors (Lipinski definition) is 1. The maximum atomic E-state index is 13.7. The largest absolute Gasteiger partial charge is 0.389 e. The molecule has 0 bridgehead atoms. The SMILES string of the molecule is Cc1nn(Cc2cc(Br)ccc2F)c(C)c1C(C)O. The van der Waals surface area contributed by atoms with E-state index in [0.29, 0.717) is 12.1 Å². The van der Waals surface area contributed by atoms with Crippen molar-refractivity contribution in [3.63, 3.8) is 0 Å². The van der Waals surface area contributed by atoms with Gasteiger partial charge in [-0.25, -0.2) is 4.39 Å². The van der Waals surface area contributed by atoms with Crippen molar-refractivity contribution < 1.29 is 9.50 Å². The van der Waals surface area contributed by atoms with Gasteiger partial charge in [0.05, 0.1) is 18.3 Å². The van der Waals surface area contributed by atoms with Gasteiger partial charge < -0.3 is 5.11 Å². The van der Waals surface area contributed by atoms with Gasteiger partial charge in [-0.15, -0.1) is 0 Å². The molecule has 0 fully saturated rings. The van der Waals surface area contributed by atoms with Crippen LogP contribution in [0.3, 0.4) is 0 Å². The van der Waals surface area contributed by atoms with Gasteiger partial charge in [0.15, 0.2) is 0 Å². The topological polar surface area (TPSA) is 38.0 Å². The molecule has 1 heterocycles. The average molecular weight is 327 g/mol. The van der Waals surface area contributed by atoms with Crippen molar-refractivity contribution in [2.45, 2.75) is 33.4 Å². The summed E-state index contributed by atoms with van der Waals surface area (Å²) in [7, 11) is 0. The molecule has 2 aromatic rings. The van der Waals surface area contributed by atoms with Gasteiger partial charge in [0.1, 0.15) is 5.82 Å². The molecule has 0 saturated carbocycles. The van der Waals surface area contributed by atoms with Crippen LogP contribution in [0.25, 0.3) is 0 Å². The second-order valence-corrected chi connectivity index (χ2v) is 5.57. The number of aromatic nitrogens is 2. The average Bonchev–Trinajstić information content (AvgIpc) is 2.59. The molecule has 1 N–H and O–H groups in total. The van der Waals surface area contributed by atoms with E-state index in [1.165, 1.54) is 6.07 Å². The monoisotopic (exact) mass is 326 g/mol. The minimum absolute atomic E-state index is 0.255. The molecule has 0 amide bonds. The van der Waals surface area contributed by atoms with E-state index in [2.05, 4.69) is 21.0 Å². The number of aliphatic hydroxyl groups is 1. The lowest BCUT2D eigenvalue weighted by molar-refractivity contribution is 0.197. The van der Waals surface area contributed by atoms with Crippen LogP contribution in [-0.2, 0) is 6.54 Å². The fourth-order valence-electron chi connectivity index (χ4n) is 2.30. The Bertz CT molecular complexity index is 608. The number of rotatable bonds is 3. The Hall–Kier alpha value is -1.20. The highest BCUT2D eigenvalue weighted by Gasteiger charge is 2.16. The van der Waals surface area contributed by atoms with Crippen molar-refractivity contribution in [2.75, 3.05) is 0 Å². The Morgan fingerprint density at radius 1 is 1.42 bits per heavy atom. The lowest BCUT2D eigenvalue weighted by atomic mass is 10.1. The van der Waals surface area contributed by atoms with Gasteiger partial charge in [0.2, 0.25) is 0 Å². The van der Waals surface area contributed by atoms with Crippen LogP contribution in [-0.4, -0.2) is 14.9 Å². The normalized spacial score (nSPS) is 12.7. The predicted molar refractivity (Wildman–Crippen MR) is 75.5 cm³/mol. The number of nitrogens with zero attached hydrogens (tertiary/aromatic N) is 2. The van der Waals surface area contributed by atoms with Gasteiger partial charge in [-0.2, -0.15) is 5.10 Å². The van der Waals surface area contributed by atoms with Crippen LogP contribution in [0.1, 0.15) is 35.5 Å². The van der Waals surface area contributed by atoms with Gasteiger partial charge in [0.25, 0.3) is 0 Å². The summed E-state index contributed by atoms with van der Waals surface area (Å²) in [6.45, 7) is 5.80. The molecule has 1 unspecified atom stereocenters. The Balaban J connectivity index is 2.39. The third-order valence-electron chi connectivity index (χ3n) is 3.18. The number of hydrogen-bond acceptors (Lipinski definition) is 2. The van der Waals surface area contributed by atoms with E-state index in [1.54, 1.807) is 23.7 Å². The third kappa shape index (κ3) is 2.87. The Labute approximate surface area is 120 Å².